The Kier molecular flexibility index (Phi) is 5.94. The molecule has 132 valence electrons. The van der Waals surface area contributed by atoms with Gasteiger partial charge in [-0.05, 0) is 55.5 Å². The fraction of sp³-hybridized carbons (Fsp3) is 0.353. The first-order valence-corrected chi connectivity index (χ1v) is 8.83. The van der Waals surface area contributed by atoms with Crippen molar-refractivity contribution in [1.29, 1.82) is 0 Å². The zero-order chi connectivity index (χ0) is 17.6. The van der Waals surface area contributed by atoms with Crippen molar-refractivity contribution in [2.24, 2.45) is 0 Å². The Labute approximate surface area is 156 Å². The van der Waals surface area contributed by atoms with E-state index in [1.807, 2.05) is 6.07 Å². The van der Waals surface area contributed by atoms with Crippen molar-refractivity contribution in [2.75, 3.05) is 17.7 Å². The molecule has 1 aromatic heterocycles. The number of benzene rings is 1. The maximum atomic E-state index is 6.14. The van der Waals surface area contributed by atoms with Gasteiger partial charge in [0.05, 0.1) is 12.1 Å². The summed E-state index contributed by atoms with van der Waals surface area (Å²) >= 11 is 12.2. The highest BCUT2D eigenvalue weighted by Crippen LogP contribution is 2.28. The number of anilines is 3. The van der Waals surface area contributed by atoms with Gasteiger partial charge in [-0.3, -0.25) is 0 Å². The van der Waals surface area contributed by atoms with Crippen LogP contribution >= 0.6 is 23.2 Å². The van der Waals surface area contributed by atoms with E-state index in [0.717, 1.165) is 31.4 Å². The third-order valence-electron chi connectivity index (χ3n) is 3.86. The van der Waals surface area contributed by atoms with Gasteiger partial charge in [0.25, 0.3) is 0 Å². The van der Waals surface area contributed by atoms with Gasteiger partial charge in [-0.2, -0.15) is 15.0 Å². The van der Waals surface area contributed by atoms with Crippen molar-refractivity contribution >= 4 is 40.8 Å². The molecule has 0 radical (unpaired) electrons. The van der Waals surface area contributed by atoms with Gasteiger partial charge in [-0.1, -0.05) is 23.8 Å². The molecule has 0 aliphatic heterocycles. The second kappa shape index (κ2) is 8.36. The van der Waals surface area contributed by atoms with Gasteiger partial charge < -0.3 is 15.4 Å². The van der Waals surface area contributed by atoms with Crippen LogP contribution in [-0.2, 0) is 0 Å². The van der Waals surface area contributed by atoms with Crippen molar-refractivity contribution in [3.63, 3.8) is 0 Å². The third-order valence-corrected chi connectivity index (χ3v) is 4.32. The lowest BCUT2D eigenvalue weighted by molar-refractivity contribution is 0.415. The highest BCUT2D eigenvalue weighted by molar-refractivity contribution is 6.32. The summed E-state index contributed by atoms with van der Waals surface area (Å²) in [5.74, 6) is 1.42. The summed E-state index contributed by atoms with van der Waals surface area (Å²) in [5.41, 5.74) is 0.733. The van der Waals surface area contributed by atoms with Crippen LogP contribution in [0.1, 0.15) is 25.7 Å². The Morgan fingerprint density at radius 2 is 1.96 bits per heavy atom. The topological polar surface area (TPSA) is 72.0 Å². The van der Waals surface area contributed by atoms with Crippen molar-refractivity contribution < 1.29 is 4.74 Å². The smallest absolute Gasteiger partial charge is 0.233 e. The summed E-state index contributed by atoms with van der Waals surface area (Å²) in [5, 5.41) is 7.04. The van der Waals surface area contributed by atoms with E-state index in [9.17, 15) is 0 Å². The molecule has 0 fully saturated rings. The first-order chi connectivity index (χ1) is 12.1. The molecule has 1 heterocycles. The number of halogens is 2. The maximum Gasteiger partial charge on any atom is 0.233 e. The quantitative estimate of drug-likeness (QED) is 0.723. The fourth-order valence-electron chi connectivity index (χ4n) is 2.64. The third kappa shape index (κ3) is 4.96. The fourth-order valence-corrected chi connectivity index (χ4v) is 3.05. The molecular formula is C17H19Cl2N5O. The summed E-state index contributed by atoms with van der Waals surface area (Å²) in [6.45, 7) is 0. The van der Waals surface area contributed by atoms with Gasteiger partial charge in [-0.15, -0.1) is 0 Å². The average molecular weight is 380 g/mol. The van der Waals surface area contributed by atoms with Gasteiger partial charge >= 0.3 is 0 Å². The van der Waals surface area contributed by atoms with E-state index in [1.165, 1.54) is 0 Å². The van der Waals surface area contributed by atoms with Gasteiger partial charge in [0.1, 0.15) is 5.75 Å². The highest BCUT2D eigenvalue weighted by atomic mass is 35.5. The predicted octanol–water partition coefficient (Wildman–Crippen LogP) is 4.84. The van der Waals surface area contributed by atoms with E-state index in [1.54, 1.807) is 19.2 Å². The van der Waals surface area contributed by atoms with E-state index < -0.39 is 0 Å². The van der Waals surface area contributed by atoms with E-state index >= 15 is 0 Å². The Balaban J connectivity index is 1.74. The molecule has 3 rings (SSSR count). The number of nitrogens with one attached hydrogen (secondary N) is 2. The number of nitrogens with zero attached hydrogens (tertiary/aromatic N) is 3. The van der Waals surface area contributed by atoms with Crippen LogP contribution in [0.15, 0.2) is 30.4 Å². The number of methoxy groups -OCH3 is 1. The Morgan fingerprint density at radius 3 is 2.76 bits per heavy atom. The van der Waals surface area contributed by atoms with E-state index in [4.69, 9.17) is 27.9 Å². The molecule has 2 N–H and O–H groups in total. The zero-order valence-electron chi connectivity index (χ0n) is 13.8. The Bertz CT molecular complexity index is 769. The molecule has 1 atom stereocenters. The number of hydrogen-bond donors (Lipinski definition) is 2. The van der Waals surface area contributed by atoms with Crippen LogP contribution in [0, 0.1) is 0 Å². The normalized spacial score (nSPS) is 17.0. The Hall–Kier alpha value is -2.05. The lowest BCUT2D eigenvalue weighted by Gasteiger charge is -2.16. The number of allylic oxidation sites excluding steroid dienone is 1. The minimum Gasteiger partial charge on any atom is -0.495 e. The predicted molar refractivity (Wildman–Crippen MR) is 101 cm³/mol. The highest BCUT2D eigenvalue weighted by Gasteiger charge is 2.13. The molecule has 1 unspecified atom stereocenters. The Morgan fingerprint density at radius 1 is 1.12 bits per heavy atom. The SMILES string of the molecule is COc1ccc(Nc2nc(Cl)nc(NC3CC=CCCC3)n2)cc1Cl. The van der Waals surface area contributed by atoms with Crippen molar-refractivity contribution in [2.45, 2.75) is 31.7 Å². The van der Waals surface area contributed by atoms with E-state index in [-0.39, 0.29) is 5.28 Å². The molecule has 1 aliphatic rings. The minimum absolute atomic E-state index is 0.128. The second-order valence-electron chi connectivity index (χ2n) is 5.71. The molecule has 0 bridgehead atoms. The van der Waals surface area contributed by atoms with E-state index in [0.29, 0.717) is 28.7 Å². The van der Waals surface area contributed by atoms with Crippen LogP contribution in [0.5, 0.6) is 5.75 Å². The molecule has 25 heavy (non-hydrogen) atoms. The second-order valence-corrected chi connectivity index (χ2v) is 6.45. The average Bonchev–Trinajstić information content (AvgIpc) is 2.83. The monoisotopic (exact) mass is 379 g/mol. The maximum absolute atomic E-state index is 6.14. The summed E-state index contributed by atoms with van der Waals surface area (Å²) < 4.78 is 5.15. The summed E-state index contributed by atoms with van der Waals surface area (Å²) in [4.78, 5) is 12.7. The molecule has 0 spiro atoms. The first kappa shape index (κ1) is 17.8. The van der Waals surface area contributed by atoms with Crippen molar-refractivity contribution in [1.82, 2.24) is 15.0 Å². The largest absolute Gasteiger partial charge is 0.495 e. The molecular weight excluding hydrogens is 361 g/mol. The lowest BCUT2D eigenvalue weighted by Crippen LogP contribution is -2.20. The summed E-state index contributed by atoms with van der Waals surface area (Å²) in [7, 11) is 1.57. The van der Waals surface area contributed by atoms with Gasteiger partial charge in [0.15, 0.2) is 0 Å². The molecule has 0 amide bonds. The molecule has 8 heteroatoms. The van der Waals surface area contributed by atoms with Crippen LogP contribution in [0.2, 0.25) is 10.3 Å². The van der Waals surface area contributed by atoms with Crippen LogP contribution in [0.4, 0.5) is 17.6 Å². The number of hydrogen-bond acceptors (Lipinski definition) is 6. The number of aromatic nitrogens is 3. The van der Waals surface area contributed by atoms with Gasteiger partial charge in [0, 0.05) is 11.7 Å². The van der Waals surface area contributed by atoms with Crippen LogP contribution in [0.25, 0.3) is 0 Å². The van der Waals surface area contributed by atoms with Crippen LogP contribution < -0.4 is 15.4 Å². The first-order valence-electron chi connectivity index (χ1n) is 8.08. The van der Waals surface area contributed by atoms with Crippen LogP contribution in [-0.4, -0.2) is 28.1 Å². The minimum atomic E-state index is 0.128. The molecule has 1 aliphatic carbocycles. The lowest BCUT2D eigenvalue weighted by atomic mass is 10.1. The van der Waals surface area contributed by atoms with Gasteiger partial charge in [-0.25, -0.2) is 0 Å². The van der Waals surface area contributed by atoms with E-state index in [2.05, 4.69) is 37.7 Å². The molecule has 0 saturated heterocycles. The van der Waals surface area contributed by atoms with Crippen LogP contribution in [0.3, 0.4) is 0 Å². The molecule has 1 aromatic carbocycles. The standard InChI is InChI=1S/C17H19Cl2N5O/c1-25-14-9-8-12(10-13(14)18)21-17-23-15(19)22-16(24-17)20-11-6-4-2-3-5-7-11/h2,4,8-11H,3,5-7H2,1H3,(H2,20,21,22,23,24). The molecule has 2 aromatic rings. The summed E-state index contributed by atoms with van der Waals surface area (Å²) in [6.07, 6.45) is 8.66. The van der Waals surface area contributed by atoms with Crippen molar-refractivity contribution in [3.05, 3.63) is 40.7 Å². The number of rotatable bonds is 5. The molecule has 6 nitrogen and oxygen atoms in total. The molecule has 0 saturated carbocycles. The zero-order valence-corrected chi connectivity index (χ0v) is 15.3. The number of ether oxygens (including phenoxy) is 1. The van der Waals surface area contributed by atoms with Gasteiger partial charge in [0.2, 0.25) is 17.2 Å². The summed E-state index contributed by atoms with van der Waals surface area (Å²) in [6, 6.07) is 5.62. The van der Waals surface area contributed by atoms with Crippen molar-refractivity contribution in [3.8, 4) is 5.75 Å².